The third-order valence-corrected chi connectivity index (χ3v) is 3.94. The van der Waals surface area contributed by atoms with Gasteiger partial charge in [-0.1, -0.05) is 32.0 Å². The molecule has 0 fully saturated rings. The predicted molar refractivity (Wildman–Crippen MR) is 76.4 cm³/mol. The molecule has 2 rings (SSSR count). The molecule has 1 aliphatic rings. The van der Waals surface area contributed by atoms with Gasteiger partial charge in [-0.15, -0.1) is 0 Å². The van der Waals surface area contributed by atoms with Crippen molar-refractivity contribution < 1.29 is 9.53 Å². The Balaban J connectivity index is 2.00. The minimum atomic E-state index is -0.218. The largest absolute Gasteiger partial charge is 0.468 e. The first-order valence-electron chi connectivity index (χ1n) is 6.93. The molecule has 1 N–H and O–H groups in total. The second-order valence-corrected chi connectivity index (χ2v) is 5.90. The molecule has 3 heteroatoms. The number of nitrogens with one attached hydrogen (secondary N) is 1. The Morgan fingerprint density at radius 3 is 2.79 bits per heavy atom. The second kappa shape index (κ2) is 5.74. The number of hydrogen-bond acceptors (Lipinski definition) is 3. The van der Waals surface area contributed by atoms with Gasteiger partial charge >= 0.3 is 5.97 Å². The molecule has 0 unspecified atom stereocenters. The molecule has 3 nitrogen and oxygen atoms in total. The second-order valence-electron chi connectivity index (χ2n) is 5.90. The summed E-state index contributed by atoms with van der Waals surface area (Å²) in [6.45, 7) is 5.44. The van der Waals surface area contributed by atoms with E-state index in [9.17, 15) is 4.79 Å². The van der Waals surface area contributed by atoms with E-state index in [-0.39, 0.29) is 17.9 Å². The fourth-order valence-corrected chi connectivity index (χ4v) is 2.64. The maximum Gasteiger partial charge on any atom is 0.319 e. The Bertz CT molecular complexity index is 466. The Kier molecular flexibility index (Phi) is 4.25. The Hall–Kier alpha value is -1.35. The highest BCUT2D eigenvalue weighted by atomic mass is 16.5. The van der Waals surface area contributed by atoms with Gasteiger partial charge in [0.1, 0.15) is 0 Å². The minimum absolute atomic E-state index is 0.0195. The molecule has 0 bridgehead atoms. The van der Waals surface area contributed by atoms with Crippen molar-refractivity contribution in [1.29, 1.82) is 0 Å². The van der Waals surface area contributed by atoms with Crippen LogP contribution in [0.25, 0.3) is 0 Å². The summed E-state index contributed by atoms with van der Waals surface area (Å²) in [6, 6.07) is 6.83. The molecule has 1 aromatic carbocycles. The van der Waals surface area contributed by atoms with E-state index >= 15 is 0 Å². The summed E-state index contributed by atoms with van der Waals surface area (Å²) in [5.74, 6) is -0.218. The van der Waals surface area contributed by atoms with Crippen molar-refractivity contribution in [3.8, 4) is 0 Å². The van der Waals surface area contributed by atoms with Crippen LogP contribution in [0.2, 0.25) is 0 Å². The van der Waals surface area contributed by atoms with Crippen molar-refractivity contribution in [1.82, 2.24) is 5.32 Å². The van der Waals surface area contributed by atoms with Gasteiger partial charge in [0.15, 0.2) is 0 Å². The molecule has 104 valence electrons. The van der Waals surface area contributed by atoms with Crippen molar-refractivity contribution in [3.63, 3.8) is 0 Å². The van der Waals surface area contributed by atoms with Gasteiger partial charge in [-0.05, 0) is 36.0 Å². The van der Waals surface area contributed by atoms with Crippen LogP contribution in [0.15, 0.2) is 18.2 Å². The summed E-state index contributed by atoms with van der Waals surface area (Å²) in [6.07, 6.45) is 3.70. The van der Waals surface area contributed by atoms with Gasteiger partial charge in [-0.25, -0.2) is 0 Å². The van der Waals surface area contributed by atoms with Gasteiger partial charge in [0.05, 0.1) is 13.7 Å². The zero-order valence-electron chi connectivity index (χ0n) is 12.1. The molecule has 0 saturated carbocycles. The quantitative estimate of drug-likeness (QED) is 0.826. The number of benzene rings is 1. The monoisotopic (exact) mass is 261 g/mol. The number of fused-ring (bicyclic) bond motifs is 1. The number of rotatable bonds is 5. The van der Waals surface area contributed by atoms with E-state index in [1.165, 1.54) is 43.1 Å². The first-order valence-corrected chi connectivity index (χ1v) is 6.93. The molecule has 0 radical (unpaired) electrons. The minimum Gasteiger partial charge on any atom is -0.468 e. The van der Waals surface area contributed by atoms with E-state index in [0.29, 0.717) is 0 Å². The summed E-state index contributed by atoms with van der Waals surface area (Å²) in [5, 5.41) is 3.17. The number of methoxy groups -OCH3 is 1. The van der Waals surface area contributed by atoms with Gasteiger partial charge < -0.3 is 10.1 Å². The molecule has 1 aromatic rings. The van der Waals surface area contributed by atoms with Crippen molar-refractivity contribution in [2.75, 3.05) is 20.2 Å². The number of ether oxygens (including phenoxy) is 1. The summed E-state index contributed by atoms with van der Waals surface area (Å²) in [7, 11) is 1.41. The van der Waals surface area contributed by atoms with Crippen LogP contribution in [-0.2, 0) is 27.8 Å². The van der Waals surface area contributed by atoms with Crippen molar-refractivity contribution in [2.24, 2.45) is 0 Å². The molecule has 0 aromatic heterocycles. The van der Waals surface area contributed by atoms with Gasteiger partial charge in [0, 0.05) is 12.0 Å². The summed E-state index contributed by atoms with van der Waals surface area (Å²) in [5.41, 5.74) is 4.36. The lowest BCUT2D eigenvalue weighted by molar-refractivity contribution is -0.139. The predicted octanol–water partition coefficient (Wildman–Crippen LogP) is 2.22. The Morgan fingerprint density at radius 1 is 1.32 bits per heavy atom. The lowest BCUT2D eigenvalue weighted by Gasteiger charge is -2.26. The van der Waals surface area contributed by atoms with E-state index in [1.807, 2.05) is 0 Å². The van der Waals surface area contributed by atoms with Crippen LogP contribution in [0.5, 0.6) is 0 Å². The first-order chi connectivity index (χ1) is 9.03. The highest BCUT2D eigenvalue weighted by Gasteiger charge is 2.22. The number of carbonyl (C=O) groups excluding carboxylic acids is 1. The fourth-order valence-electron chi connectivity index (χ4n) is 2.64. The molecule has 0 atom stereocenters. The molecule has 0 spiro atoms. The molecule has 0 saturated heterocycles. The zero-order chi connectivity index (χ0) is 13.9. The normalized spacial score (nSPS) is 14.3. The third-order valence-electron chi connectivity index (χ3n) is 3.94. The van der Waals surface area contributed by atoms with Crippen LogP contribution >= 0.6 is 0 Å². The molecule has 0 heterocycles. The highest BCUT2D eigenvalue weighted by Crippen LogP contribution is 2.29. The van der Waals surface area contributed by atoms with Crippen LogP contribution in [0.1, 0.15) is 37.0 Å². The molecular formula is C16H23NO2. The maximum atomic E-state index is 11.1. The SMILES string of the molecule is COC(=O)CNCC(C)(C)c1ccc2c(c1)CCC2. The lowest BCUT2D eigenvalue weighted by Crippen LogP contribution is -2.36. The van der Waals surface area contributed by atoms with E-state index in [2.05, 4.69) is 42.1 Å². The van der Waals surface area contributed by atoms with E-state index in [4.69, 9.17) is 0 Å². The van der Waals surface area contributed by atoms with Crippen LogP contribution in [-0.4, -0.2) is 26.2 Å². The molecule has 0 amide bonds. The van der Waals surface area contributed by atoms with Gasteiger partial charge in [-0.3, -0.25) is 4.79 Å². The zero-order valence-corrected chi connectivity index (χ0v) is 12.1. The molecule has 1 aliphatic carbocycles. The lowest BCUT2D eigenvalue weighted by atomic mass is 9.83. The number of aryl methyl sites for hydroxylation is 2. The Labute approximate surface area is 115 Å². The average Bonchev–Trinajstić information content (AvgIpc) is 2.85. The fraction of sp³-hybridized carbons (Fsp3) is 0.562. The average molecular weight is 261 g/mol. The van der Waals surface area contributed by atoms with E-state index in [1.54, 1.807) is 0 Å². The summed E-state index contributed by atoms with van der Waals surface area (Å²) < 4.78 is 4.63. The number of hydrogen-bond donors (Lipinski definition) is 1. The summed E-state index contributed by atoms with van der Waals surface area (Å²) in [4.78, 5) is 11.1. The van der Waals surface area contributed by atoms with Gasteiger partial charge in [0.2, 0.25) is 0 Å². The topological polar surface area (TPSA) is 38.3 Å². The van der Waals surface area contributed by atoms with E-state index in [0.717, 1.165) is 6.54 Å². The summed E-state index contributed by atoms with van der Waals surface area (Å²) >= 11 is 0. The molecule has 19 heavy (non-hydrogen) atoms. The number of carbonyl (C=O) groups is 1. The third kappa shape index (κ3) is 3.35. The standard InChI is InChI=1S/C16H23NO2/c1-16(2,11-17-10-15(18)19-3)14-8-7-12-5-4-6-13(12)9-14/h7-9,17H,4-6,10-11H2,1-3H3. The Morgan fingerprint density at radius 2 is 2.05 bits per heavy atom. The van der Waals surface area contributed by atoms with Crippen molar-refractivity contribution in [3.05, 3.63) is 34.9 Å². The molecule has 0 aliphatic heterocycles. The smallest absolute Gasteiger partial charge is 0.319 e. The first kappa shape index (κ1) is 14.1. The van der Waals surface area contributed by atoms with Crippen molar-refractivity contribution in [2.45, 2.75) is 38.5 Å². The van der Waals surface area contributed by atoms with Crippen LogP contribution in [0, 0.1) is 0 Å². The van der Waals surface area contributed by atoms with Crippen LogP contribution < -0.4 is 5.32 Å². The van der Waals surface area contributed by atoms with E-state index < -0.39 is 0 Å². The highest BCUT2D eigenvalue weighted by molar-refractivity contribution is 5.71. The van der Waals surface area contributed by atoms with Crippen LogP contribution in [0.4, 0.5) is 0 Å². The van der Waals surface area contributed by atoms with Crippen molar-refractivity contribution >= 4 is 5.97 Å². The number of esters is 1. The van der Waals surface area contributed by atoms with Crippen LogP contribution in [0.3, 0.4) is 0 Å². The van der Waals surface area contributed by atoms with Gasteiger partial charge in [0.25, 0.3) is 0 Å². The maximum absolute atomic E-state index is 11.1. The van der Waals surface area contributed by atoms with Gasteiger partial charge in [-0.2, -0.15) is 0 Å². The molecular weight excluding hydrogens is 238 g/mol.